The molecule has 0 unspecified atom stereocenters. The molecule has 0 bridgehead atoms. The molecule has 246 valence electrons. The number of unbranched alkanes of at least 4 members (excludes halogenated alkanes) is 2. The first kappa shape index (κ1) is 34.4. The molecule has 2 aromatic carbocycles. The van der Waals surface area contributed by atoms with Gasteiger partial charge in [0.2, 0.25) is 0 Å². The van der Waals surface area contributed by atoms with Crippen LogP contribution in [0.1, 0.15) is 87.8 Å². The summed E-state index contributed by atoms with van der Waals surface area (Å²) in [6.45, 7) is 2.47. The molecule has 0 amide bonds. The number of alkyl halides is 5. The number of hydrogen-bond acceptors (Lipinski definition) is 4. The molecule has 0 atom stereocenters. The highest BCUT2D eigenvalue weighted by molar-refractivity contribution is 5.35. The Kier molecular flexibility index (Phi) is 11.2. The van der Waals surface area contributed by atoms with Crippen LogP contribution in [-0.4, -0.2) is 19.8 Å². The minimum Gasteiger partial charge on any atom is -0.429 e. The van der Waals surface area contributed by atoms with Crippen molar-refractivity contribution in [3.8, 4) is 5.75 Å². The van der Waals surface area contributed by atoms with Gasteiger partial charge in [-0.3, -0.25) is 0 Å². The third kappa shape index (κ3) is 8.20. The van der Waals surface area contributed by atoms with Crippen molar-refractivity contribution in [3.63, 3.8) is 0 Å². The molecule has 4 rings (SSSR count). The van der Waals surface area contributed by atoms with Crippen LogP contribution in [0.25, 0.3) is 0 Å². The standard InChI is InChI=1S/C31H35F9O4/c1-2-3-4-6-19-7-9-20(10-8-19)11-14-43-31(41-12-5-13-42-31)21-15-23(32)28(24(33)16-21)30(39,40)44-22-17-25(34)27(26(35)18-22)29(36,37)38/h15-20H,2-14H2,1H3. The van der Waals surface area contributed by atoms with Gasteiger partial charge in [-0.05, 0) is 36.8 Å². The van der Waals surface area contributed by atoms with E-state index in [0.29, 0.717) is 36.8 Å². The molecule has 44 heavy (non-hydrogen) atoms. The lowest BCUT2D eigenvalue weighted by atomic mass is 9.78. The molecule has 1 saturated carbocycles. The van der Waals surface area contributed by atoms with E-state index in [1.807, 2.05) is 0 Å². The second-order valence-corrected chi connectivity index (χ2v) is 11.3. The predicted molar refractivity (Wildman–Crippen MR) is 141 cm³/mol. The predicted octanol–water partition coefficient (Wildman–Crippen LogP) is 9.73. The van der Waals surface area contributed by atoms with Gasteiger partial charge in [0.05, 0.1) is 19.8 Å². The van der Waals surface area contributed by atoms with Crippen LogP contribution in [0.4, 0.5) is 39.5 Å². The Morgan fingerprint density at radius 3 is 1.80 bits per heavy atom. The SMILES string of the molecule is CCCCCC1CCC(CCOC2(c3cc(F)c(C(F)(F)Oc4cc(F)c(C(F)(F)F)c(F)c4)c(F)c3)OCCCO2)CC1. The van der Waals surface area contributed by atoms with Gasteiger partial charge in [0.15, 0.2) is 0 Å². The van der Waals surface area contributed by atoms with Crippen LogP contribution < -0.4 is 4.74 Å². The van der Waals surface area contributed by atoms with E-state index < -0.39 is 58.4 Å². The van der Waals surface area contributed by atoms with Crippen molar-refractivity contribution < 1.29 is 58.5 Å². The van der Waals surface area contributed by atoms with Gasteiger partial charge in [-0.25, -0.2) is 17.6 Å². The van der Waals surface area contributed by atoms with E-state index in [1.165, 1.54) is 25.7 Å². The van der Waals surface area contributed by atoms with Crippen LogP contribution >= 0.6 is 0 Å². The quantitative estimate of drug-likeness (QED) is 0.171. The zero-order valence-electron chi connectivity index (χ0n) is 24.2. The fraction of sp³-hybridized carbons (Fsp3) is 0.613. The van der Waals surface area contributed by atoms with Crippen molar-refractivity contribution in [1.29, 1.82) is 0 Å². The molecule has 0 N–H and O–H groups in total. The molecule has 1 aliphatic carbocycles. The molecular weight excluding hydrogens is 607 g/mol. The van der Waals surface area contributed by atoms with Gasteiger partial charge in [0, 0.05) is 17.7 Å². The number of halogens is 9. The van der Waals surface area contributed by atoms with Crippen LogP contribution in [0.5, 0.6) is 5.75 Å². The minimum atomic E-state index is -5.46. The van der Waals surface area contributed by atoms with Crippen LogP contribution in [0.2, 0.25) is 0 Å². The van der Waals surface area contributed by atoms with Crippen molar-refractivity contribution in [2.75, 3.05) is 19.8 Å². The molecule has 1 saturated heterocycles. The van der Waals surface area contributed by atoms with E-state index in [4.69, 9.17) is 14.2 Å². The highest BCUT2D eigenvalue weighted by Crippen LogP contribution is 2.42. The number of hydrogen-bond donors (Lipinski definition) is 0. The monoisotopic (exact) mass is 642 g/mol. The molecule has 2 fully saturated rings. The fourth-order valence-corrected chi connectivity index (χ4v) is 5.81. The van der Waals surface area contributed by atoms with E-state index in [-0.39, 0.29) is 37.5 Å². The topological polar surface area (TPSA) is 36.9 Å². The zero-order valence-corrected chi connectivity index (χ0v) is 24.2. The summed E-state index contributed by atoms with van der Waals surface area (Å²) in [6.07, 6.45) is -0.144. The van der Waals surface area contributed by atoms with E-state index >= 15 is 8.78 Å². The van der Waals surface area contributed by atoms with Crippen LogP contribution in [-0.2, 0) is 32.5 Å². The lowest BCUT2D eigenvalue weighted by molar-refractivity contribution is -0.412. The van der Waals surface area contributed by atoms with Gasteiger partial charge in [-0.1, -0.05) is 58.3 Å². The van der Waals surface area contributed by atoms with E-state index in [0.717, 1.165) is 25.7 Å². The van der Waals surface area contributed by atoms with Gasteiger partial charge in [0.1, 0.15) is 40.1 Å². The number of rotatable bonds is 12. The van der Waals surface area contributed by atoms with Crippen molar-refractivity contribution in [2.45, 2.75) is 89.4 Å². The lowest BCUT2D eigenvalue weighted by Gasteiger charge is -2.37. The summed E-state index contributed by atoms with van der Waals surface area (Å²) in [5, 5.41) is 0. The second-order valence-electron chi connectivity index (χ2n) is 11.3. The van der Waals surface area contributed by atoms with E-state index in [1.54, 1.807) is 0 Å². The van der Waals surface area contributed by atoms with Crippen LogP contribution in [0.3, 0.4) is 0 Å². The summed E-state index contributed by atoms with van der Waals surface area (Å²) in [7, 11) is 0. The summed E-state index contributed by atoms with van der Waals surface area (Å²) in [6, 6.07) is 0.706. The summed E-state index contributed by atoms with van der Waals surface area (Å²) < 4.78 is 147. The average molecular weight is 643 g/mol. The molecule has 2 aliphatic rings. The maximum Gasteiger partial charge on any atom is 0.432 e. The third-order valence-corrected chi connectivity index (χ3v) is 8.11. The van der Waals surface area contributed by atoms with Gasteiger partial charge in [0.25, 0.3) is 0 Å². The largest absolute Gasteiger partial charge is 0.432 e. The average Bonchev–Trinajstić information content (AvgIpc) is 2.92. The Balaban J connectivity index is 1.47. The van der Waals surface area contributed by atoms with Crippen LogP contribution in [0, 0.1) is 35.1 Å². The Morgan fingerprint density at radius 2 is 1.27 bits per heavy atom. The molecule has 1 heterocycles. The van der Waals surface area contributed by atoms with E-state index in [2.05, 4.69) is 11.7 Å². The maximum atomic E-state index is 15.1. The summed E-state index contributed by atoms with van der Waals surface area (Å²) in [5.41, 5.74) is -4.65. The summed E-state index contributed by atoms with van der Waals surface area (Å²) in [5.74, 6) is -10.6. The third-order valence-electron chi connectivity index (χ3n) is 8.11. The summed E-state index contributed by atoms with van der Waals surface area (Å²) >= 11 is 0. The molecule has 0 radical (unpaired) electrons. The fourth-order valence-electron chi connectivity index (χ4n) is 5.81. The van der Waals surface area contributed by atoms with Crippen molar-refractivity contribution >= 4 is 0 Å². The first-order valence-corrected chi connectivity index (χ1v) is 14.8. The zero-order chi connectivity index (χ0) is 32.1. The van der Waals surface area contributed by atoms with Crippen molar-refractivity contribution in [1.82, 2.24) is 0 Å². The minimum absolute atomic E-state index is 0.0954. The molecular formula is C31H35F9O4. The second kappa shape index (κ2) is 14.3. The normalized spacial score (nSPS) is 21.0. The highest BCUT2D eigenvalue weighted by Gasteiger charge is 2.46. The summed E-state index contributed by atoms with van der Waals surface area (Å²) in [4.78, 5) is 0. The molecule has 0 spiro atoms. The Hall–Kier alpha value is -2.51. The van der Waals surface area contributed by atoms with Crippen molar-refractivity contribution in [2.24, 2.45) is 11.8 Å². The van der Waals surface area contributed by atoms with Gasteiger partial charge in [-0.2, -0.15) is 22.0 Å². The molecule has 2 aromatic rings. The van der Waals surface area contributed by atoms with Gasteiger partial charge < -0.3 is 18.9 Å². The van der Waals surface area contributed by atoms with Gasteiger partial charge >= 0.3 is 18.3 Å². The number of ether oxygens (including phenoxy) is 4. The van der Waals surface area contributed by atoms with Crippen LogP contribution in [0.15, 0.2) is 24.3 Å². The molecule has 1 aliphatic heterocycles. The van der Waals surface area contributed by atoms with Gasteiger partial charge in [-0.15, -0.1) is 0 Å². The lowest BCUT2D eigenvalue weighted by Crippen LogP contribution is -2.41. The maximum absolute atomic E-state index is 15.1. The Labute approximate surface area is 249 Å². The van der Waals surface area contributed by atoms with E-state index in [9.17, 15) is 30.7 Å². The van der Waals surface area contributed by atoms with Crippen molar-refractivity contribution in [3.05, 3.63) is 64.2 Å². The molecule has 4 nitrogen and oxygen atoms in total. The Morgan fingerprint density at radius 1 is 0.750 bits per heavy atom. The Bertz CT molecular complexity index is 1210. The first-order valence-electron chi connectivity index (χ1n) is 14.8. The number of benzene rings is 2. The highest BCUT2D eigenvalue weighted by atomic mass is 19.4. The smallest absolute Gasteiger partial charge is 0.429 e. The first-order chi connectivity index (χ1) is 20.8. The molecule has 0 aromatic heterocycles. The molecule has 13 heteroatoms.